The number of rotatable bonds is 8. The largest absolute Gasteiger partial charge is 0.481 e. The summed E-state index contributed by atoms with van der Waals surface area (Å²) in [5.41, 5.74) is 3.82. The minimum Gasteiger partial charge on any atom is -0.481 e. The molecule has 2 amide bonds. The smallest absolute Gasteiger partial charge is 0.414 e. The molecule has 2 aliphatic rings. The standard InChI is InChI=1S/C24H25N5O5S/c1-33-22-5-3-16-23(28-22)14(6-9-26-16)11-25-8-7-18(30)19-12-29(24(32)34-19)15-2-4-20-17(10-15)27-21(31)13-35-20/h2-6,9-10,18-19,25,30H,7-8,11-13H2,1H3,(H,27,31)/t18-,19-/m0/s1. The van der Waals surface area contributed by atoms with Crippen LogP contribution in [-0.4, -0.2) is 65.2 Å². The van der Waals surface area contributed by atoms with Crippen molar-refractivity contribution < 1.29 is 24.2 Å². The summed E-state index contributed by atoms with van der Waals surface area (Å²) < 4.78 is 10.7. The molecule has 35 heavy (non-hydrogen) atoms. The number of benzene rings is 1. The molecule has 2 aliphatic heterocycles. The van der Waals surface area contributed by atoms with Crippen LogP contribution >= 0.6 is 11.8 Å². The van der Waals surface area contributed by atoms with Gasteiger partial charge in [-0.25, -0.2) is 9.78 Å². The molecular weight excluding hydrogens is 470 g/mol. The Morgan fingerprint density at radius 3 is 3.06 bits per heavy atom. The van der Waals surface area contributed by atoms with Gasteiger partial charge in [0.1, 0.15) is 6.10 Å². The second-order valence-corrected chi connectivity index (χ2v) is 9.29. The number of cyclic esters (lactones) is 1. The first-order chi connectivity index (χ1) is 17.0. The first-order valence-electron chi connectivity index (χ1n) is 11.2. The molecule has 2 aromatic heterocycles. The summed E-state index contributed by atoms with van der Waals surface area (Å²) in [6, 6.07) is 11.0. The first-order valence-corrected chi connectivity index (χ1v) is 12.2. The highest BCUT2D eigenvalue weighted by atomic mass is 32.2. The predicted octanol–water partition coefficient (Wildman–Crippen LogP) is 2.55. The van der Waals surface area contributed by atoms with E-state index in [-0.39, 0.29) is 12.5 Å². The Bertz CT molecular complexity index is 1270. The molecule has 0 radical (unpaired) electrons. The van der Waals surface area contributed by atoms with Crippen LogP contribution in [0.25, 0.3) is 11.0 Å². The van der Waals surface area contributed by atoms with Gasteiger partial charge in [0.25, 0.3) is 0 Å². The van der Waals surface area contributed by atoms with E-state index in [1.807, 2.05) is 24.3 Å². The van der Waals surface area contributed by atoms with Gasteiger partial charge in [0, 0.05) is 29.4 Å². The number of amides is 2. The zero-order valence-corrected chi connectivity index (χ0v) is 19.9. The second-order valence-electron chi connectivity index (χ2n) is 8.27. The number of hydrogen-bond acceptors (Lipinski definition) is 9. The maximum atomic E-state index is 12.5. The van der Waals surface area contributed by atoms with E-state index in [0.29, 0.717) is 42.5 Å². The van der Waals surface area contributed by atoms with Gasteiger partial charge in [0.2, 0.25) is 11.8 Å². The van der Waals surface area contributed by atoms with Gasteiger partial charge in [0.05, 0.1) is 42.2 Å². The van der Waals surface area contributed by atoms with E-state index >= 15 is 0 Å². The van der Waals surface area contributed by atoms with Crippen LogP contribution in [-0.2, 0) is 16.1 Å². The Morgan fingerprint density at radius 2 is 2.20 bits per heavy atom. The molecule has 11 heteroatoms. The number of aliphatic hydroxyl groups excluding tert-OH is 1. The molecule has 4 heterocycles. The number of pyridine rings is 2. The van der Waals surface area contributed by atoms with Crippen molar-refractivity contribution >= 4 is 46.2 Å². The van der Waals surface area contributed by atoms with Gasteiger partial charge >= 0.3 is 6.09 Å². The lowest BCUT2D eigenvalue weighted by Gasteiger charge is -2.20. The normalized spacial score (nSPS) is 18.2. The summed E-state index contributed by atoms with van der Waals surface area (Å²) in [5, 5.41) is 16.8. The van der Waals surface area contributed by atoms with Crippen molar-refractivity contribution in [3.05, 3.63) is 48.2 Å². The van der Waals surface area contributed by atoms with Crippen molar-refractivity contribution in [1.29, 1.82) is 0 Å². The van der Waals surface area contributed by atoms with E-state index in [2.05, 4.69) is 20.6 Å². The Morgan fingerprint density at radius 1 is 1.31 bits per heavy atom. The molecule has 1 fully saturated rings. The third-order valence-electron chi connectivity index (χ3n) is 5.96. The van der Waals surface area contributed by atoms with E-state index in [1.165, 1.54) is 16.7 Å². The minimum atomic E-state index is -0.822. The Hall–Kier alpha value is -3.41. The first kappa shape index (κ1) is 23.3. The summed E-state index contributed by atoms with van der Waals surface area (Å²) >= 11 is 1.46. The maximum absolute atomic E-state index is 12.5. The lowest BCUT2D eigenvalue weighted by molar-refractivity contribution is -0.113. The van der Waals surface area contributed by atoms with Crippen molar-refractivity contribution in [2.75, 3.05) is 36.2 Å². The third kappa shape index (κ3) is 5.02. The molecule has 0 spiro atoms. The van der Waals surface area contributed by atoms with Crippen LogP contribution in [0.2, 0.25) is 0 Å². The topological polar surface area (TPSA) is 126 Å². The zero-order chi connectivity index (χ0) is 24.4. The van der Waals surface area contributed by atoms with Crippen LogP contribution in [0.5, 0.6) is 5.88 Å². The van der Waals surface area contributed by atoms with Gasteiger partial charge < -0.3 is 25.2 Å². The lowest BCUT2D eigenvalue weighted by atomic mass is 10.1. The van der Waals surface area contributed by atoms with E-state index in [9.17, 15) is 14.7 Å². The molecule has 3 N–H and O–H groups in total. The van der Waals surface area contributed by atoms with Gasteiger partial charge in [-0.3, -0.25) is 14.7 Å². The summed E-state index contributed by atoms with van der Waals surface area (Å²) in [6.07, 6.45) is 0.163. The van der Waals surface area contributed by atoms with Crippen LogP contribution < -0.4 is 20.3 Å². The number of ether oxygens (including phenoxy) is 2. The Kier molecular flexibility index (Phi) is 6.71. The number of thioether (sulfide) groups is 1. The number of nitrogens with zero attached hydrogens (tertiary/aromatic N) is 3. The monoisotopic (exact) mass is 495 g/mol. The van der Waals surface area contributed by atoms with Crippen LogP contribution in [0, 0.1) is 0 Å². The number of nitrogens with one attached hydrogen (secondary N) is 2. The number of anilines is 2. The Balaban J connectivity index is 1.16. The van der Waals surface area contributed by atoms with Crippen molar-refractivity contribution in [3.8, 4) is 5.88 Å². The average molecular weight is 496 g/mol. The van der Waals surface area contributed by atoms with Crippen molar-refractivity contribution in [3.63, 3.8) is 0 Å². The van der Waals surface area contributed by atoms with Crippen molar-refractivity contribution in [2.24, 2.45) is 0 Å². The fraction of sp³-hybridized carbons (Fsp3) is 0.333. The highest BCUT2D eigenvalue weighted by Gasteiger charge is 2.37. The highest BCUT2D eigenvalue weighted by Crippen LogP contribution is 2.35. The fourth-order valence-corrected chi connectivity index (χ4v) is 4.90. The van der Waals surface area contributed by atoms with Crippen LogP contribution in [0.1, 0.15) is 12.0 Å². The number of aromatic nitrogens is 2. The summed E-state index contributed by atoms with van der Waals surface area (Å²) in [4.78, 5) is 35.4. The molecule has 5 rings (SSSR count). The maximum Gasteiger partial charge on any atom is 0.414 e. The number of carbonyl (C=O) groups is 2. The van der Waals surface area contributed by atoms with E-state index in [1.54, 1.807) is 25.4 Å². The molecule has 1 saturated heterocycles. The number of carbonyl (C=O) groups excluding carboxylic acids is 2. The summed E-state index contributed by atoms with van der Waals surface area (Å²) in [7, 11) is 1.57. The van der Waals surface area contributed by atoms with Gasteiger partial charge in [0.15, 0.2) is 0 Å². The summed E-state index contributed by atoms with van der Waals surface area (Å²) in [5.74, 6) is 0.830. The van der Waals surface area contributed by atoms with E-state index in [0.717, 1.165) is 21.5 Å². The molecule has 0 aliphatic carbocycles. The SMILES string of the molecule is COc1ccc2nccc(CNCC[C@H](O)[C@@H]3CN(c4ccc5c(c4)NC(=O)CS5)C(=O)O3)c2n1. The van der Waals surface area contributed by atoms with Crippen LogP contribution in [0.15, 0.2) is 47.5 Å². The van der Waals surface area contributed by atoms with Crippen molar-refractivity contribution in [2.45, 2.75) is 30.1 Å². The zero-order valence-electron chi connectivity index (χ0n) is 19.1. The predicted molar refractivity (Wildman–Crippen MR) is 132 cm³/mol. The molecular formula is C24H25N5O5S. The molecule has 10 nitrogen and oxygen atoms in total. The number of methoxy groups -OCH3 is 1. The molecule has 3 aromatic rings. The molecule has 2 atom stereocenters. The summed E-state index contributed by atoms with van der Waals surface area (Å²) in [6.45, 7) is 1.30. The van der Waals surface area contributed by atoms with Crippen molar-refractivity contribution in [1.82, 2.24) is 15.3 Å². The quantitative estimate of drug-likeness (QED) is 0.404. The lowest BCUT2D eigenvalue weighted by Crippen LogP contribution is -2.33. The van der Waals surface area contributed by atoms with Crippen LogP contribution in [0.4, 0.5) is 16.2 Å². The third-order valence-corrected chi connectivity index (χ3v) is 7.03. The van der Waals surface area contributed by atoms with Gasteiger partial charge in [-0.15, -0.1) is 11.8 Å². The second kappa shape index (κ2) is 10.1. The minimum absolute atomic E-state index is 0.0703. The van der Waals surface area contributed by atoms with E-state index in [4.69, 9.17) is 9.47 Å². The molecule has 1 aromatic carbocycles. The fourth-order valence-electron chi connectivity index (χ4n) is 4.11. The van der Waals surface area contributed by atoms with Crippen LogP contribution in [0.3, 0.4) is 0 Å². The molecule has 0 unspecified atom stereocenters. The van der Waals surface area contributed by atoms with Gasteiger partial charge in [-0.05, 0) is 48.9 Å². The average Bonchev–Trinajstić information content (AvgIpc) is 3.27. The van der Waals surface area contributed by atoms with Gasteiger partial charge in [-0.1, -0.05) is 0 Å². The number of aliphatic hydroxyl groups is 1. The number of fused-ring (bicyclic) bond motifs is 2. The molecule has 182 valence electrons. The Labute approximate surface area is 206 Å². The number of hydrogen-bond donors (Lipinski definition) is 3. The molecule has 0 bridgehead atoms. The van der Waals surface area contributed by atoms with Gasteiger partial charge in [-0.2, -0.15) is 0 Å². The highest BCUT2D eigenvalue weighted by molar-refractivity contribution is 8.00. The van der Waals surface area contributed by atoms with E-state index < -0.39 is 18.3 Å². The molecule has 0 saturated carbocycles.